The Balaban J connectivity index is 1.76. The Labute approximate surface area is 118 Å². The fourth-order valence-electron chi connectivity index (χ4n) is 2.84. The first-order valence-electron chi connectivity index (χ1n) is 7.46. The third-order valence-electron chi connectivity index (χ3n) is 4.03. The van der Waals surface area contributed by atoms with Gasteiger partial charge in [0.15, 0.2) is 5.82 Å². The summed E-state index contributed by atoms with van der Waals surface area (Å²) in [6, 6.07) is 6.86. The number of aromatic hydroxyl groups is 1. The summed E-state index contributed by atoms with van der Waals surface area (Å²) >= 11 is 0. The van der Waals surface area contributed by atoms with Crippen molar-refractivity contribution in [1.82, 2.24) is 10.1 Å². The van der Waals surface area contributed by atoms with Gasteiger partial charge in [0.2, 0.25) is 0 Å². The predicted molar refractivity (Wildman–Crippen MR) is 76.5 cm³/mol. The topological polar surface area (TPSA) is 59.2 Å². The van der Waals surface area contributed by atoms with E-state index in [-0.39, 0.29) is 5.75 Å². The lowest BCUT2D eigenvalue weighted by Gasteiger charge is -2.15. The van der Waals surface area contributed by atoms with E-state index in [1.54, 1.807) is 24.3 Å². The molecule has 1 aromatic carbocycles. The molecule has 0 bridgehead atoms. The van der Waals surface area contributed by atoms with E-state index in [4.69, 9.17) is 4.52 Å². The zero-order chi connectivity index (χ0) is 13.8. The first kappa shape index (κ1) is 13.2. The summed E-state index contributed by atoms with van der Waals surface area (Å²) < 4.78 is 5.37. The summed E-state index contributed by atoms with van der Waals surface area (Å²) in [7, 11) is 0. The molecule has 1 aliphatic carbocycles. The number of benzene rings is 1. The molecule has 0 amide bonds. The maximum atomic E-state index is 9.30. The molecule has 0 spiro atoms. The summed E-state index contributed by atoms with van der Waals surface area (Å²) in [5.41, 5.74) is 0.854. The molecule has 0 aliphatic heterocycles. The Morgan fingerprint density at radius 1 is 0.950 bits per heavy atom. The van der Waals surface area contributed by atoms with Crippen molar-refractivity contribution in [2.75, 3.05) is 0 Å². The van der Waals surface area contributed by atoms with Gasteiger partial charge in [-0.1, -0.05) is 37.3 Å². The van der Waals surface area contributed by atoms with Crippen LogP contribution in [0.15, 0.2) is 28.8 Å². The number of nitrogens with zero attached hydrogens (tertiary/aromatic N) is 2. The van der Waals surface area contributed by atoms with Crippen molar-refractivity contribution in [3.8, 4) is 17.2 Å². The third kappa shape index (κ3) is 3.00. The van der Waals surface area contributed by atoms with Gasteiger partial charge >= 0.3 is 0 Å². The van der Waals surface area contributed by atoms with Crippen LogP contribution in [0.2, 0.25) is 0 Å². The zero-order valence-corrected chi connectivity index (χ0v) is 11.6. The van der Waals surface area contributed by atoms with Crippen molar-refractivity contribution in [3.05, 3.63) is 30.1 Å². The van der Waals surface area contributed by atoms with E-state index >= 15 is 0 Å². The van der Waals surface area contributed by atoms with Crippen LogP contribution in [0.1, 0.15) is 56.7 Å². The molecule has 20 heavy (non-hydrogen) atoms. The largest absolute Gasteiger partial charge is 0.508 e. The van der Waals surface area contributed by atoms with Crippen LogP contribution in [0.5, 0.6) is 5.75 Å². The van der Waals surface area contributed by atoms with Gasteiger partial charge in [-0.2, -0.15) is 4.98 Å². The number of phenolic OH excluding ortho intramolecular Hbond substituents is 1. The van der Waals surface area contributed by atoms with Crippen molar-refractivity contribution >= 4 is 0 Å². The lowest BCUT2D eigenvalue weighted by molar-refractivity contribution is 0.393. The molecule has 1 aromatic heterocycles. The fourth-order valence-corrected chi connectivity index (χ4v) is 2.84. The number of aromatic nitrogens is 2. The third-order valence-corrected chi connectivity index (χ3v) is 4.03. The molecule has 4 heteroatoms. The fraction of sp³-hybridized carbons (Fsp3) is 0.500. The van der Waals surface area contributed by atoms with E-state index in [0.29, 0.717) is 11.8 Å². The van der Waals surface area contributed by atoms with E-state index in [1.807, 2.05) is 0 Å². The minimum absolute atomic E-state index is 0.244. The van der Waals surface area contributed by atoms with Crippen LogP contribution in [0.3, 0.4) is 0 Å². The molecule has 0 atom stereocenters. The number of phenols is 1. The molecule has 1 fully saturated rings. The van der Waals surface area contributed by atoms with Crippen LogP contribution in [-0.4, -0.2) is 15.2 Å². The molecular weight excluding hydrogens is 252 g/mol. The summed E-state index contributed by atoms with van der Waals surface area (Å²) in [5, 5.41) is 13.5. The second-order valence-corrected chi connectivity index (χ2v) is 5.55. The minimum atomic E-state index is 0.244. The molecule has 2 aromatic rings. The van der Waals surface area contributed by atoms with Gasteiger partial charge in [-0.15, -0.1) is 0 Å². The lowest BCUT2D eigenvalue weighted by Crippen LogP contribution is -2.04. The van der Waals surface area contributed by atoms with Gasteiger partial charge < -0.3 is 9.63 Å². The SMILES string of the molecule is Oc1ccc(-c2nc(C3CCCCCCC3)no2)cc1. The maximum Gasteiger partial charge on any atom is 0.257 e. The van der Waals surface area contributed by atoms with Gasteiger partial charge in [0, 0.05) is 11.5 Å². The van der Waals surface area contributed by atoms with Crippen LogP contribution < -0.4 is 0 Å². The Kier molecular flexibility index (Phi) is 4.00. The Morgan fingerprint density at radius 2 is 1.60 bits per heavy atom. The van der Waals surface area contributed by atoms with Gasteiger partial charge in [-0.3, -0.25) is 0 Å². The number of hydrogen-bond donors (Lipinski definition) is 1. The van der Waals surface area contributed by atoms with Crippen LogP contribution in [0.25, 0.3) is 11.5 Å². The van der Waals surface area contributed by atoms with Gasteiger partial charge in [-0.25, -0.2) is 0 Å². The Morgan fingerprint density at radius 3 is 2.30 bits per heavy atom. The molecule has 3 rings (SSSR count). The lowest BCUT2D eigenvalue weighted by atomic mass is 9.91. The first-order chi connectivity index (χ1) is 9.83. The van der Waals surface area contributed by atoms with Crippen LogP contribution in [-0.2, 0) is 0 Å². The first-order valence-corrected chi connectivity index (χ1v) is 7.46. The molecule has 106 valence electrons. The second kappa shape index (κ2) is 6.07. The molecule has 0 unspecified atom stereocenters. The maximum absolute atomic E-state index is 9.30. The van der Waals surface area contributed by atoms with Crippen molar-refractivity contribution in [2.45, 2.75) is 50.9 Å². The number of rotatable bonds is 2. The highest BCUT2D eigenvalue weighted by Crippen LogP contribution is 2.30. The molecule has 1 aliphatic rings. The van der Waals surface area contributed by atoms with Crippen molar-refractivity contribution < 1.29 is 9.63 Å². The highest BCUT2D eigenvalue weighted by molar-refractivity contribution is 5.54. The summed E-state index contributed by atoms with van der Waals surface area (Å²) in [6.45, 7) is 0. The number of hydrogen-bond acceptors (Lipinski definition) is 4. The predicted octanol–water partition coefficient (Wildman–Crippen LogP) is 4.27. The standard InChI is InChI=1S/C16H20N2O2/c19-14-10-8-13(9-11-14)16-17-15(18-20-16)12-6-4-2-1-3-5-7-12/h8-12,19H,1-7H2. The molecular formula is C16H20N2O2. The Hall–Kier alpha value is -1.84. The molecule has 1 N–H and O–H groups in total. The highest BCUT2D eigenvalue weighted by Gasteiger charge is 2.19. The molecule has 4 nitrogen and oxygen atoms in total. The average molecular weight is 272 g/mol. The highest BCUT2D eigenvalue weighted by atomic mass is 16.5. The van der Waals surface area contributed by atoms with E-state index < -0.39 is 0 Å². The van der Waals surface area contributed by atoms with Crippen LogP contribution in [0.4, 0.5) is 0 Å². The molecule has 1 saturated carbocycles. The normalized spacial score (nSPS) is 17.6. The molecule has 1 heterocycles. The zero-order valence-electron chi connectivity index (χ0n) is 11.6. The molecule has 0 saturated heterocycles. The van der Waals surface area contributed by atoms with Crippen molar-refractivity contribution in [2.24, 2.45) is 0 Å². The smallest absolute Gasteiger partial charge is 0.257 e. The van der Waals surface area contributed by atoms with E-state index in [2.05, 4.69) is 10.1 Å². The van der Waals surface area contributed by atoms with Gasteiger partial charge in [0.25, 0.3) is 5.89 Å². The quantitative estimate of drug-likeness (QED) is 0.886. The Bertz CT molecular complexity index is 540. The monoisotopic (exact) mass is 272 g/mol. The van der Waals surface area contributed by atoms with Crippen LogP contribution >= 0.6 is 0 Å². The van der Waals surface area contributed by atoms with E-state index in [9.17, 15) is 5.11 Å². The summed E-state index contributed by atoms with van der Waals surface area (Å²) in [5.74, 6) is 2.07. The second-order valence-electron chi connectivity index (χ2n) is 5.55. The van der Waals surface area contributed by atoms with E-state index in [1.165, 1.54) is 32.1 Å². The molecule has 0 radical (unpaired) electrons. The van der Waals surface area contributed by atoms with Gasteiger partial charge in [0.1, 0.15) is 5.75 Å². The minimum Gasteiger partial charge on any atom is -0.508 e. The van der Waals surface area contributed by atoms with Gasteiger partial charge in [0.05, 0.1) is 0 Å². The van der Waals surface area contributed by atoms with Crippen LogP contribution in [0, 0.1) is 0 Å². The summed E-state index contributed by atoms with van der Waals surface area (Å²) in [6.07, 6.45) is 8.83. The van der Waals surface area contributed by atoms with E-state index in [0.717, 1.165) is 24.2 Å². The van der Waals surface area contributed by atoms with Crippen molar-refractivity contribution in [3.63, 3.8) is 0 Å². The summed E-state index contributed by atoms with van der Waals surface area (Å²) in [4.78, 5) is 4.55. The van der Waals surface area contributed by atoms with Gasteiger partial charge in [-0.05, 0) is 37.1 Å². The average Bonchev–Trinajstić information content (AvgIpc) is 2.89. The van der Waals surface area contributed by atoms with Crippen molar-refractivity contribution in [1.29, 1.82) is 0 Å².